The average molecular weight is 310 g/mol. The topological polar surface area (TPSA) is 67.0 Å². The van der Waals surface area contributed by atoms with E-state index in [4.69, 9.17) is 4.74 Å². The van der Waals surface area contributed by atoms with Gasteiger partial charge in [0.05, 0.1) is 18.9 Å². The monoisotopic (exact) mass is 309 g/mol. The van der Waals surface area contributed by atoms with Gasteiger partial charge in [-0.25, -0.2) is 0 Å². The molecule has 94 valence electrons. The fraction of sp³-hybridized carbons (Fsp3) is 0.167. The summed E-state index contributed by atoms with van der Waals surface area (Å²) in [5.74, 6) is 0.356. The number of H-pyrrole nitrogens is 1. The molecule has 1 amide bonds. The van der Waals surface area contributed by atoms with E-state index in [1.165, 1.54) is 7.11 Å². The molecule has 0 saturated carbocycles. The normalized spacial score (nSPS) is 10.1. The fourth-order valence-electron chi connectivity index (χ4n) is 1.50. The lowest BCUT2D eigenvalue weighted by Gasteiger charge is -2.09. The second-order valence-electron chi connectivity index (χ2n) is 3.63. The highest BCUT2D eigenvalue weighted by atomic mass is 79.9. The third-order valence-electron chi connectivity index (χ3n) is 2.42. The summed E-state index contributed by atoms with van der Waals surface area (Å²) in [5.41, 5.74) is 1.42. The summed E-state index contributed by atoms with van der Waals surface area (Å²) in [5, 5.41) is 9.30. The second kappa shape index (κ2) is 5.68. The third-order valence-corrected chi connectivity index (χ3v) is 2.91. The maximum Gasteiger partial charge on any atom is 0.255 e. The van der Waals surface area contributed by atoms with Crippen molar-refractivity contribution < 1.29 is 9.53 Å². The third kappa shape index (κ3) is 2.89. The number of nitrogens with zero attached hydrogens (tertiary/aromatic N) is 1. The molecule has 0 aliphatic rings. The minimum absolute atomic E-state index is 0.180. The SMILES string of the molecule is COc1cc(Br)ccc1C(=O)NCc1cn[nH]c1. The van der Waals surface area contributed by atoms with Crippen LogP contribution in [-0.4, -0.2) is 23.2 Å². The molecule has 18 heavy (non-hydrogen) atoms. The van der Waals surface area contributed by atoms with Gasteiger partial charge in [-0.05, 0) is 18.2 Å². The summed E-state index contributed by atoms with van der Waals surface area (Å²) in [6, 6.07) is 5.27. The molecule has 0 radical (unpaired) electrons. The number of ether oxygens (including phenoxy) is 1. The number of nitrogens with one attached hydrogen (secondary N) is 2. The molecule has 2 aromatic rings. The van der Waals surface area contributed by atoms with Crippen LogP contribution in [-0.2, 0) is 6.54 Å². The van der Waals surface area contributed by atoms with Crippen molar-refractivity contribution in [2.45, 2.75) is 6.54 Å². The Labute approximate surface area is 113 Å². The lowest BCUT2D eigenvalue weighted by atomic mass is 10.2. The summed E-state index contributed by atoms with van der Waals surface area (Å²) < 4.78 is 6.04. The number of aromatic amines is 1. The van der Waals surface area contributed by atoms with E-state index in [-0.39, 0.29) is 5.91 Å². The summed E-state index contributed by atoms with van der Waals surface area (Å²) in [6.45, 7) is 0.425. The van der Waals surface area contributed by atoms with Gasteiger partial charge in [0, 0.05) is 22.8 Å². The fourth-order valence-corrected chi connectivity index (χ4v) is 1.84. The molecule has 0 aliphatic heterocycles. The largest absolute Gasteiger partial charge is 0.496 e. The van der Waals surface area contributed by atoms with Crippen molar-refractivity contribution in [3.63, 3.8) is 0 Å². The van der Waals surface area contributed by atoms with Gasteiger partial charge in [0.1, 0.15) is 5.75 Å². The van der Waals surface area contributed by atoms with Gasteiger partial charge in [0.15, 0.2) is 0 Å². The lowest BCUT2D eigenvalue weighted by molar-refractivity contribution is 0.0948. The van der Waals surface area contributed by atoms with Crippen molar-refractivity contribution in [1.82, 2.24) is 15.5 Å². The summed E-state index contributed by atoms with van der Waals surface area (Å²) in [7, 11) is 1.54. The molecule has 2 rings (SSSR count). The van der Waals surface area contributed by atoms with Gasteiger partial charge in [-0.15, -0.1) is 0 Å². The van der Waals surface area contributed by atoms with Crippen LogP contribution in [0.3, 0.4) is 0 Å². The number of amides is 1. The van der Waals surface area contributed by atoms with Gasteiger partial charge in [0.25, 0.3) is 5.91 Å². The Balaban J connectivity index is 2.09. The second-order valence-corrected chi connectivity index (χ2v) is 4.55. The van der Waals surface area contributed by atoms with Crippen molar-refractivity contribution in [2.24, 2.45) is 0 Å². The Hall–Kier alpha value is -1.82. The molecule has 0 spiro atoms. The Kier molecular flexibility index (Phi) is 3.99. The average Bonchev–Trinajstić information content (AvgIpc) is 2.88. The smallest absolute Gasteiger partial charge is 0.255 e. The number of carbonyl (C=O) groups excluding carboxylic acids is 1. The van der Waals surface area contributed by atoms with E-state index in [2.05, 4.69) is 31.4 Å². The van der Waals surface area contributed by atoms with Gasteiger partial charge < -0.3 is 10.1 Å². The summed E-state index contributed by atoms with van der Waals surface area (Å²) in [6.07, 6.45) is 3.40. The van der Waals surface area contributed by atoms with Crippen LogP contribution in [0, 0.1) is 0 Å². The molecule has 0 saturated heterocycles. The molecule has 0 aliphatic carbocycles. The van der Waals surface area contributed by atoms with Crippen LogP contribution in [0.4, 0.5) is 0 Å². The highest BCUT2D eigenvalue weighted by molar-refractivity contribution is 9.10. The molecule has 1 aromatic heterocycles. The molecule has 0 bridgehead atoms. The van der Waals surface area contributed by atoms with Crippen molar-refractivity contribution >= 4 is 21.8 Å². The molecule has 1 heterocycles. The van der Waals surface area contributed by atoms with Crippen LogP contribution in [0.1, 0.15) is 15.9 Å². The predicted molar refractivity (Wildman–Crippen MR) is 70.5 cm³/mol. The quantitative estimate of drug-likeness (QED) is 0.909. The van der Waals surface area contributed by atoms with E-state index < -0.39 is 0 Å². The van der Waals surface area contributed by atoms with Gasteiger partial charge in [-0.3, -0.25) is 9.89 Å². The molecule has 6 heteroatoms. The molecule has 5 nitrogen and oxygen atoms in total. The first-order valence-electron chi connectivity index (χ1n) is 5.30. The van der Waals surface area contributed by atoms with Crippen LogP contribution in [0.2, 0.25) is 0 Å². The van der Waals surface area contributed by atoms with E-state index in [1.807, 2.05) is 0 Å². The molecule has 0 unspecified atom stereocenters. The molecular formula is C12H12BrN3O2. The maximum absolute atomic E-state index is 12.0. The number of halogens is 1. The first kappa shape index (κ1) is 12.6. The molecule has 2 N–H and O–H groups in total. The van der Waals surface area contributed by atoms with Crippen LogP contribution >= 0.6 is 15.9 Å². The minimum atomic E-state index is -0.180. The van der Waals surface area contributed by atoms with Gasteiger partial charge in [0.2, 0.25) is 0 Å². The number of aromatic nitrogens is 2. The van der Waals surface area contributed by atoms with Crippen LogP contribution in [0.5, 0.6) is 5.75 Å². The van der Waals surface area contributed by atoms with Crippen molar-refractivity contribution in [3.05, 3.63) is 46.2 Å². The van der Waals surface area contributed by atoms with Crippen LogP contribution in [0.15, 0.2) is 35.1 Å². The summed E-state index contributed by atoms with van der Waals surface area (Å²) in [4.78, 5) is 12.0. The molecular weight excluding hydrogens is 298 g/mol. The Morgan fingerprint density at radius 1 is 1.56 bits per heavy atom. The highest BCUT2D eigenvalue weighted by Crippen LogP contribution is 2.23. The number of hydrogen-bond acceptors (Lipinski definition) is 3. The van der Waals surface area contributed by atoms with Crippen molar-refractivity contribution in [3.8, 4) is 5.75 Å². The van der Waals surface area contributed by atoms with Crippen LogP contribution in [0.25, 0.3) is 0 Å². The number of carbonyl (C=O) groups is 1. The standard InChI is InChI=1S/C12H12BrN3O2/c1-18-11-4-9(13)2-3-10(11)12(17)14-5-8-6-15-16-7-8/h2-4,6-7H,5H2,1H3,(H,14,17)(H,15,16). The van der Waals surface area contributed by atoms with E-state index >= 15 is 0 Å². The lowest BCUT2D eigenvalue weighted by Crippen LogP contribution is -2.23. The maximum atomic E-state index is 12.0. The number of rotatable bonds is 4. The predicted octanol–water partition coefficient (Wildman–Crippen LogP) is 2.11. The van der Waals surface area contributed by atoms with Gasteiger partial charge in [-0.2, -0.15) is 5.10 Å². The Bertz CT molecular complexity index is 540. The Morgan fingerprint density at radius 2 is 2.39 bits per heavy atom. The zero-order chi connectivity index (χ0) is 13.0. The van der Waals surface area contributed by atoms with Crippen molar-refractivity contribution in [2.75, 3.05) is 7.11 Å². The summed E-state index contributed by atoms with van der Waals surface area (Å²) >= 11 is 3.33. The number of hydrogen-bond donors (Lipinski definition) is 2. The van der Waals surface area contributed by atoms with E-state index in [1.54, 1.807) is 30.6 Å². The molecule has 0 fully saturated rings. The first-order valence-corrected chi connectivity index (χ1v) is 6.09. The van der Waals surface area contributed by atoms with Crippen molar-refractivity contribution in [1.29, 1.82) is 0 Å². The number of benzene rings is 1. The van der Waals surface area contributed by atoms with Gasteiger partial charge >= 0.3 is 0 Å². The number of methoxy groups -OCH3 is 1. The Morgan fingerprint density at radius 3 is 3.06 bits per heavy atom. The van der Waals surface area contributed by atoms with E-state index in [0.29, 0.717) is 17.9 Å². The molecule has 0 atom stereocenters. The van der Waals surface area contributed by atoms with Gasteiger partial charge in [-0.1, -0.05) is 15.9 Å². The zero-order valence-corrected chi connectivity index (χ0v) is 11.3. The minimum Gasteiger partial charge on any atom is -0.496 e. The van der Waals surface area contributed by atoms with E-state index in [0.717, 1.165) is 10.0 Å². The zero-order valence-electron chi connectivity index (χ0n) is 9.74. The van der Waals surface area contributed by atoms with Crippen LogP contribution < -0.4 is 10.1 Å². The van der Waals surface area contributed by atoms with E-state index in [9.17, 15) is 4.79 Å². The first-order chi connectivity index (χ1) is 8.70. The highest BCUT2D eigenvalue weighted by Gasteiger charge is 2.12. The molecule has 1 aromatic carbocycles.